The first-order valence-corrected chi connectivity index (χ1v) is 5.67. The maximum Gasteiger partial charge on any atom is 0.416 e. The number of furan rings is 1. The highest BCUT2D eigenvalue weighted by Gasteiger charge is 2.32. The molecule has 0 bridgehead atoms. The molecule has 0 amide bonds. The normalized spacial score (nSPS) is 11.8. The van der Waals surface area contributed by atoms with E-state index in [9.17, 15) is 13.2 Å². The van der Waals surface area contributed by atoms with Gasteiger partial charge in [0.1, 0.15) is 5.76 Å². The lowest BCUT2D eigenvalue weighted by Crippen LogP contribution is -2.05. The summed E-state index contributed by atoms with van der Waals surface area (Å²) in [6, 6.07) is 5.11. The third kappa shape index (κ3) is 2.50. The molecular weight excluding hydrogens is 320 g/mol. The molecule has 0 atom stereocenters. The van der Waals surface area contributed by atoms with Gasteiger partial charge in [-0.05, 0) is 40.2 Å². The van der Waals surface area contributed by atoms with Gasteiger partial charge in [-0.1, -0.05) is 11.6 Å². The zero-order valence-corrected chi connectivity index (χ0v) is 10.5. The van der Waals surface area contributed by atoms with Crippen molar-refractivity contribution in [3.8, 4) is 11.3 Å². The van der Waals surface area contributed by atoms with Crippen molar-refractivity contribution in [3.05, 3.63) is 45.6 Å². The maximum absolute atomic E-state index is 12.5. The van der Waals surface area contributed by atoms with Crippen LogP contribution in [0.3, 0.4) is 0 Å². The third-order valence-electron chi connectivity index (χ3n) is 2.14. The van der Waals surface area contributed by atoms with E-state index in [-0.39, 0.29) is 9.50 Å². The number of alkyl halides is 3. The molecule has 1 nitrogen and oxygen atoms in total. The molecule has 0 saturated heterocycles. The summed E-state index contributed by atoms with van der Waals surface area (Å²) >= 11 is 8.91. The first-order chi connectivity index (χ1) is 7.89. The van der Waals surface area contributed by atoms with Gasteiger partial charge < -0.3 is 4.42 Å². The Morgan fingerprint density at radius 2 is 1.94 bits per heavy atom. The fourth-order valence-corrected chi connectivity index (χ4v) is 2.48. The quantitative estimate of drug-likeness (QED) is 0.686. The van der Waals surface area contributed by atoms with Gasteiger partial charge in [0.25, 0.3) is 0 Å². The summed E-state index contributed by atoms with van der Waals surface area (Å²) in [5.74, 6) is 0.413. The Balaban J connectivity index is 2.58. The van der Waals surface area contributed by atoms with Gasteiger partial charge in [-0.2, -0.15) is 13.2 Å². The van der Waals surface area contributed by atoms with Gasteiger partial charge in [0, 0.05) is 4.47 Å². The molecule has 0 spiro atoms. The average Bonchev–Trinajstić information content (AvgIpc) is 2.68. The van der Waals surface area contributed by atoms with Gasteiger partial charge in [0.05, 0.1) is 22.4 Å². The third-order valence-corrected chi connectivity index (χ3v) is 3.06. The minimum atomic E-state index is -4.42. The molecule has 0 aliphatic carbocycles. The lowest BCUT2D eigenvalue weighted by atomic mass is 10.1. The summed E-state index contributed by atoms with van der Waals surface area (Å²) < 4.78 is 42.9. The fraction of sp³-hybridized carbons (Fsp3) is 0.0909. The van der Waals surface area contributed by atoms with E-state index in [1.807, 2.05) is 0 Å². The van der Waals surface area contributed by atoms with Crippen molar-refractivity contribution in [2.45, 2.75) is 6.18 Å². The summed E-state index contributed by atoms with van der Waals surface area (Å²) in [4.78, 5) is 0. The predicted molar refractivity (Wildman–Crippen MR) is 61.9 cm³/mol. The monoisotopic (exact) mass is 324 g/mol. The SMILES string of the molecule is FC(F)(F)c1cc(Cl)c(-c2ccco2)c(Br)c1. The van der Waals surface area contributed by atoms with Crippen molar-refractivity contribution >= 4 is 27.5 Å². The van der Waals surface area contributed by atoms with Crippen LogP contribution in [-0.4, -0.2) is 0 Å². The molecule has 0 fully saturated rings. The lowest BCUT2D eigenvalue weighted by molar-refractivity contribution is -0.137. The zero-order valence-electron chi connectivity index (χ0n) is 8.18. The average molecular weight is 326 g/mol. The van der Waals surface area contributed by atoms with Crippen LogP contribution in [0.2, 0.25) is 5.02 Å². The molecule has 1 aromatic heterocycles. The summed E-state index contributed by atoms with van der Waals surface area (Å²) in [7, 11) is 0. The van der Waals surface area contributed by atoms with Crippen molar-refractivity contribution in [2.24, 2.45) is 0 Å². The highest BCUT2D eigenvalue weighted by atomic mass is 79.9. The molecule has 90 valence electrons. The van der Waals surface area contributed by atoms with Crippen LogP contribution in [0, 0.1) is 0 Å². The molecule has 0 saturated carbocycles. The smallest absolute Gasteiger partial charge is 0.416 e. The van der Waals surface area contributed by atoms with Crippen molar-refractivity contribution in [3.63, 3.8) is 0 Å². The molecule has 0 radical (unpaired) electrons. The number of benzene rings is 1. The van der Waals surface area contributed by atoms with Crippen LogP contribution in [0.5, 0.6) is 0 Å². The minimum Gasteiger partial charge on any atom is -0.464 e. The van der Waals surface area contributed by atoms with E-state index >= 15 is 0 Å². The second kappa shape index (κ2) is 4.38. The molecule has 6 heteroatoms. The lowest BCUT2D eigenvalue weighted by Gasteiger charge is -2.10. The molecule has 1 aromatic carbocycles. The largest absolute Gasteiger partial charge is 0.464 e. The van der Waals surface area contributed by atoms with Gasteiger partial charge >= 0.3 is 6.18 Å². The second-order valence-electron chi connectivity index (χ2n) is 3.29. The molecule has 2 aromatic rings. The number of hydrogen-bond donors (Lipinski definition) is 0. The van der Waals surface area contributed by atoms with Crippen LogP contribution < -0.4 is 0 Å². The van der Waals surface area contributed by atoms with Crippen LogP contribution in [0.25, 0.3) is 11.3 Å². The molecule has 0 N–H and O–H groups in total. The highest BCUT2D eigenvalue weighted by molar-refractivity contribution is 9.10. The van der Waals surface area contributed by atoms with Gasteiger partial charge in [0.2, 0.25) is 0 Å². The Bertz CT molecular complexity index is 511. The van der Waals surface area contributed by atoms with E-state index in [0.717, 1.165) is 12.1 Å². The second-order valence-corrected chi connectivity index (χ2v) is 4.55. The number of halogens is 5. The van der Waals surface area contributed by atoms with E-state index in [1.165, 1.54) is 6.26 Å². The van der Waals surface area contributed by atoms with Crippen molar-refractivity contribution < 1.29 is 17.6 Å². The summed E-state index contributed by atoms with van der Waals surface area (Å²) in [5.41, 5.74) is -0.394. The van der Waals surface area contributed by atoms with Crippen LogP contribution in [0.4, 0.5) is 13.2 Å². The van der Waals surface area contributed by atoms with Crippen molar-refractivity contribution in [1.29, 1.82) is 0 Å². The molecular formula is C11H5BrClF3O. The van der Waals surface area contributed by atoms with Crippen molar-refractivity contribution in [2.75, 3.05) is 0 Å². The molecule has 17 heavy (non-hydrogen) atoms. The van der Waals surface area contributed by atoms with E-state index < -0.39 is 11.7 Å². The standard InChI is InChI=1S/C11H5BrClF3O/c12-7-4-6(11(14,15)16)5-8(13)10(7)9-2-1-3-17-9/h1-5H. The molecule has 2 rings (SSSR count). The predicted octanol–water partition coefficient (Wildman–Crippen LogP) is 5.38. The van der Waals surface area contributed by atoms with Crippen LogP contribution in [0.1, 0.15) is 5.56 Å². The fourth-order valence-electron chi connectivity index (χ4n) is 1.39. The Hall–Kier alpha value is -0.940. The Morgan fingerprint density at radius 1 is 1.24 bits per heavy atom. The molecule has 0 aliphatic rings. The first kappa shape index (κ1) is 12.5. The van der Waals surface area contributed by atoms with Crippen LogP contribution in [-0.2, 0) is 6.18 Å². The van der Waals surface area contributed by atoms with E-state index in [4.69, 9.17) is 16.0 Å². The van der Waals surface area contributed by atoms with E-state index in [1.54, 1.807) is 12.1 Å². The van der Waals surface area contributed by atoms with Gasteiger partial charge in [-0.3, -0.25) is 0 Å². The maximum atomic E-state index is 12.5. The van der Waals surface area contributed by atoms with E-state index in [0.29, 0.717) is 11.3 Å². The van der Waals surface area contributed by atoms with Gasteiger partial charge in [0.15, 0.2) is 0 Å². The summed E-state index contributed by atoms with van der Waals surface area (Å²) in [5, 5.41) is -0.0124. The molecule has 0 aliphatic heterocycles. The Morgan fingerprint density at radius 3 is 2.41 bits per heavy atom. The summed E-state index contributed by atoms with van der Waals surface area (Å²) in [6.45, 7) is 0. The highest BCUT2D eigenvalue weighted by Crippen LogP contribution is 2.40. The number of hydrogen-bond acceptors (Lipinski definition) is 1. The Kier molecular flexibility index (Phi) is 3.23. The van der Waals surface area contributed by atoms with Crippen LogP contribution >= 0.6 is 27.5 Å². The van der Waals surface area contributed by atoms with Crippen LogP contribution in [0.15, 0.2) is 39.4 Å². The summed E-state index contributed by atoms with van der Waals surface area (Å²) in [6.07, 6.45) is -3.00. The Labute approximate surface area is 108 Å². The topological polar surface area (TPSA) is 13.1 Å². The van der Waals surface area contributed by atoms with Gasteiger partial charge in [-0.25, -0.2) is 0 Å². The zero-order chi connectivity index (χ0) is 12.6. The molecule has 1 heterocycles. The number of rotatable bonds is 1. The molecule has 0 unspecified atom stereocenters. The first-order valence-electron chi connectivity index (χ1n) is 4.49. The minimum absolute atomic E-state index is 0.0124. The van der Waals surface area contributed by atoms with Gasteiger partial charge in [-0.15, -0.1) is 0 Å². The van der Waals surface area contributed by atoms with Crippen molar-refractivity contribution in [1.82, 2.24) is 0 Å². The van der Waals surface area contributed by atoms with E-state index in [2.05, 4.69) is 15.9 Å².